The summed E-state index contributed by atoms with van der Waals surface area (Å²) in [6, 6.07) is 4.32. The Morgan fingerprint density at radius 1 is 1.50 bits per heavy atom. The molecule has 0 radical (unpaired) electrons. The maximum absolute atomic E-state index is 13.5. The van der Waals surface area contributed by atoms with Gasteiger partial charge in [0.1, 0.15) is 5.82 Å². The second-order valence-corrected chi connectivity index (χ2v) is 5.68. The topological polar surface area (TPSA) is 55.4 Å². The minimum absolute atomic E-state index is 0.0963. The fourth-order valence-electron chi connectivity index (χ4n) is 2.02. The van der Waals surface area contributed by atoms with Crippen molar-refractivity contribution in [3.8, 4) is 0 Å². The zero-order valence-electron chi connectivity index (χ0n) is 12.1. The number of amides is 1. The molecule has 1 aromatic rings. The number of carbonyl (C=O) groups is 2. The van der Waals surface area contributed by atoms with Crippen LogP contribution in [0.15, 0.2) is 24.3 Å². The Kier molecular flexibility index (Phi) is 5.55. The summed E-state index contributed by atoms with van der Waals surface area (Å²) in [6.45, 7) is 1.57. The molecule has 1 saturated carbocycles. The van der Waals surface area contributed by atoms with Crippen LogP contribution in [0, 0.1) is 11.7 Å². The van der Waals surface area contributed by atoms with Gasteiger partial charge >= 0.3 is 5.97 Å². The summed E-state index contributed by atoms with van der Waals surface area (Å²) in [4.78, 5) is 23.1. The average Bonchev–Trinajstić information content (AvgIpc) is 3.29. The summed E-state index contributed by atoms with van der Waals surface area (Å²) in [6.07, 6.45) is 4.51. The molecule has 1 amide bonds. The number of ether oxygens (including phenoxy) is 1. The third kappa shape index (κ3) is 4.84. The van der Waals surface area contributed by atoms with Crippen molar-refractivity contribution in [2.45, 2.75) is 25.8 Å². The number of halogens is 2. The van der Waals surface area contributed by atoms with Crippen molar-refractivity contribution in [1.82, 2.24) is 5.32 Å². The van der Waals surface area contributed by atoms with Gasteiger partial charge < -0.3 is 10.1 Å². The van der Waals surface area contributed by atoms with Gasteiger partial charge in [-0.15, -0.1) is 0 Å². The van der Waals surface area contributed by atoms with E-state index in [0.717, 1.165) is 18.9 Å². The molecule has 118 valence electrons. The molecule has 1 N–H and O–H groups in total. The Balaban J connectivity index is 1.80. The van der Waals surface area contributed by atoms with Crippen LogP contribution in [-0.4, -0.2) is 24.5 Å². The van der Waals surface area contributed by atoms with Crippen LogP contribution in [0.3, 0.4) is 0 Å². The van der Waals surface area contributed by atoms with E-state index in [1.165, 1.54) is 24.3 Å². The molecular weight excluding hydrogens is 309 g/mol. The smallest absolute Gasteiger partial charge is 0.331 e. The highest BCUT2D eigenvalue weighted by molar-refractivity contribution is 6.32. The fourth-order valence-corrected chi connectivity index (χ4v) is 2.24. The highest BCUT2D eigenvalue weighted by atomic mass is 35.5. The summed E-state index contributed by atoms with van der Waals surface area (Å²) in [5, 5.41) is 2.96. The Morgan fingerprint density at radius 3 is 2.86 bits per heavy atom. The lowest BCUT2D eigenvalue weighted by molar-refractivity contribution is -0.144. The number of esters is 1. The molecule has 1 aromatic carbocycles. The van der Waals surface area contributed by atoms with Gasteiger partial charge in [0.25, 0.3) is 5.91 Å². The molecule has 22 heavy (non-hydrogen) atoms. The van der Waals surface area contributed by atoms with E-state index in [4.69, 9.17) is 16.3 Å². The van der Waals surface area contributed by atoms with Gasteiger partial charge in [-0.25, -0.2) is 9.18 Å². The molecule has 4 nitrogen and oxygen atoms in total. The highest BCUT2D eigenvalue weighted by Gasteiger charge is 2.28. The summed E-state index contributed by atoms with van der Waals surface area (Å²) in [7, 11) is 0. The third-order valence-corrected chi connectivity index (χ3v) is 3.78. The molecule has 1 fully saturated rings. The van der Waals surface area contributed by atoms with Crippen molar-refractivity contribution < 1.29 is 18.7 Å². The van der Waals surface area contributed by atoms with Crippen LogP contribution in [0.4, 0.5) is 4.39 Å². The molecule has 1 atom stereocenters. The van der Waals surface area contributed by atoms with Crippen molar-refractivity contribution in [2.75, 3.05) is 6.61 Å². The first-order valence-corrected chi connectivity index (χ1v) is 7.43. The third-order valence-electron chi connectivity index (χ3n) is 3.45. The molecule has 0 bridgehead atoms. The van der Waals surface area contributed by atoms with Gasteiger partial charge in [-0.05, 0) is 43.9 Å². The minimum Gasteiger partial charge on any atom is -0.452 e. The summed E-state index contributed by atoms with van der Waals surface area (Å²) in [5.74, 6) is -1.08. The second kappa shape index (κ2) is 7.40. The van der Waals surface area contributed by atoms with E-state index >= 15 is 0 Å². The lowest BCUT2D eigenvalue weighted by atomic mass is 10.2. The van der Waals surface area contributed by atoms with E-state index < -0.39 is 11.8 Å². The van der Waals surface area contributed by atoms with Crippen molar-refractivity contribution in [3.05, 3.63) is 40.7 Å². The van der Waals surface area contributed by atoms with E-state index in [-0.39, 0.29) is 29.1 Å². The zero-order chi connectivity index (χ0) is 16.1. The van der Waals surface area contributed by atoms with E-state index in [0.29, 0.717) is 5.92 Å². The molecule has 1 aliphatic carbocycles. The number of carbonyl (C=O) groups excluding carboxylic acids is 2. The van der Waals surface area contributed by atoms with Crippen LogP contribution in [0.25, 0.3) is 6.08 Å². The molecule has 0 heterocycles. The molecule has 6 heteroatoms. The van der Waals surface area contributed by atoms with Gasteiger partial charge in [0, 0.05) is 17.7 Å². The normalized spacial score (nSPS) is 15.6. The molecule has 1 aliphatic rings. The number of hydrogen-bond donors (Lipinski definition) is 1. The SMILES string of the molecule is C[C@@H](NC(=O)COC(=O)/C=C/c1c(F)cccc1Cl)C1CC1. The van der Waals surface area contributed by atoms with Crippen LogP contribution in [0.2, 0.25) is 5.02 Å². The van der Waals surface area contributed by atoms with Crippen molar-refractivity contribution in [3.63, 3.8) is 0 Å². The standard InChI is InChI=1S/C16H17ClFNO3/c1-10(11-5-6-11)19-15(20)9-22-16(21)8-7-12-13(17)3-2-4-14(12)18/h2-4,7-8,10-11H,5-6,9H2,1H3,(H,19,20)/b8-7+/t10-/m1/s1. The van der Waals surface area contributed by atoms with Crippen molar-refractivity contribution >= 4 is 29.6 Å². The van der Waals surface area contributed by atoms with Gasteiger partial charge in [-0.3, -0.25) is 4.79 Å². The van der Waals surface area contributed by atoms with E-state index in [2.05, 4.69) is 5.32 Å². The maximum Gasteiger partial charge on any atom is 0.331 e. The average molecular weight is 326 g/mol. The molecule has 0 aromatic heterocycles. The monoisotopic (exact) mass is 325 g/mol. The van der Waals surface area contributed by atoms with Crippen LogP contribution in [0.5, 0.6) is 0 Å². The number of benzene rings is 1. The largest absolute Gasteiger partial charge is 0.452 e. The summed E-state index contributed by atoms with van der Waals surface area (Å²) < 4.78 is 18.3. The Hall–Kier alpha value is -1.88. The predicted molar refractivity (Wildman–Crippen MR) is 81.7 cm³/mol. The fraction of sp³-hybridized carbons (Fsp3) is 0.375. The molecule has 0 aliphatic heterocycles. The molecule has 2 rings (SSSR count). The number of nitrogens with one attached hydrogen (secondary N) is 1. The Labute approximate surface area is 133 Å². The van der Waals surface area contributed by atoms with Crippen LogP contribution >= 0.6 is 11.6 Å². The molecular formula is C16H17ClFNO3. The lowest BCUT2D eigenvalue weighted by Gasteiger charge is -2.12. The molecule has 0 unspecified atom stereocenters. The quantitative estimate of drug-likeness (QED) is 0.646. The minimum atomic E-state index is -0.728. The van der Waals surface area contributed by atoms with Crippen LogP contribution in [-0.2, 0) is 14.3 Å². The molecule has 0 spiro atoms. The summed E-state index contributed by atoms with van der Waals surface area (Å²) in [5.41, 5.74) is 0.105. The van der Waals surface area contributed by atoms with E-state index in [1.54, 1.807) is 0 Å². The van der Waals surface area contributed by atoms with Crippen LogP contribution in [0.1, 0.15) is 25.3 Å². The van der Waals surface area contributed by atoms with Crippen molar-refractivity contribution in [2.24, 2.45) is 5.92 Å². The Bertz CT molecular complexity index is 579. The van der Waals surface area contributed by atoms with Gasteiger partial charge in [-0.1, -0.05) is 17.7 Å². The summed E-state index contributed by atoms with van der Waals surface area (Å²) >= 11 is 5.83. The number of rotatable bonds is 6. The lowest BCUT2D eigenvalue weighted by Crippen LogP contribution is -2.36. The number of hydrogen-bond acceptors (Lipinski definition) is 3. The predicted octanol–water partition coefficient (Wildman–Crippen LogP) is 2.95. The highest BCUT2D eigenvalue weighted by Crippen LogP contribution is 2.32. The van der Waals surface area contributed by atoms with E-state index in [9.17, 15) is 14.0 Å². The Morgan fingerprint density at radius 2 is 2.23 bits per heavy atom. The first kappa shape index (κ1) is 16.5. The van der Waals surface area contributed by atoms with Gasteiger partial charge in [0.2, 0.25) is 0 Å². The zero-order valence-corrected chi connectivity index (χ0v) is 12.9. The van der Waals surface area contributed by atoms with Crippen molar-refractivity contribution in [1.29, 1.82) is 0 Å². The maximum atomic E-state index is 13.5. The van der Waals surface area contributed by atoms with Gasteiger partial charge in [-0.2, -0.15) is 0 Å². The second-order valence-electron chi connectivity index (χ2n) is 5.27. The first-order valence-electron chi connectivity index (χ1n) is 7.05. The van der Waals surface area contributed by atoms with Gasteiger partial charge in [0.15, 0.2) is 6.61 Å². The van der Waals surface area contributed by atoms with Gasteiger partial charge in [0.05, 0.1) is 5.02 Å². The van der Waals surface area contributed by atoms with E-state index in [1.807, 2.05) is 6.92 Å². The molecule has 0 saturated heterocycles. The van der Waals surface area contributed by atoms with Crippen LogP contribution < -0.4 is 5.32 Å². The first-order chi connectivity index (χ1) is 10.5.